The van der Waals surface area contributed by atoms with Gasteiger partial charge in [-0.3, -0.25) is 9.59 Å². The van der Waals surface area contributed by atoms with Crippen molar-refractivity contribution in [1.29, 1.82) is 0 Å². The van der Waals surface area contributed by atoms with Gasteiger partial charge in [-0.1, -0.05) is 61.8 Å². The zero-order valence-corrected chi connectivity index (χ0v) is 23.4. The van der Waals surface area contributed by atoms with Gasteiger partial charge in [0.05, 0.1) is 4.47 Å². The first-order valence-corrected chi connectivity index (χ1v) is 12.8. The third kappa shape index (κ3) is 8.14. The number of carbonyl (C=O) groups is 2. The van der Waals surface area contributed by atoms with Gasteiger partial charge in [0.2, 0.25) is 5.91 Å². The quantitative estimate of drug-likeness (QED) is 0.382. The molecule has 0 spiro atoms. The molecule has 0 saturated heterocycles. The second-order valence-electron chi connectivity index (χ2n) is 9.33. The van der Waals surface area contributed by atoms with Crippen molar-refractivity contribution in [1.82, 2.24) is 10.2 Å². The molecule has 0 aliphatic rings. The van der Waals surface area contributed by atoms with Crippen molar-refractivity contribution in [3.63, 3.8) is 0 Å². The first kappa shape index (κ1) is 27.4. The maximum absolute atomic E-state index is 13.2. The van der Waals surface area contributed by atoms with E-state index in [9.17, 15) is 9.59 Å². The summed E-state index contributed by atoms with van der Waals surface area (Å²) in [6, 6.07) is 13.0. The van der Waals surface area contributed by atoms with E-state index in [1.165, 1.54) is 5.56 Å². The first-order valence-electron chi connectivity index (χ1n) is 11.2. The zero-order chi connectivity index (χ0) is 24.8. The van der Waals surface area contributed by atoms with Gasteiger partial charge in [0.25, 0.3) is 5.91 Å². The molecule has 0 fully saturated rings. The summed E-state index contributed by atoms with van der Waals surface area (Å²) in [5.74, 6) is 0.165. The minimum absolute atomic E-state index is 0.0107. The van der Waals surface area contributed by atoms with E-state index in [2.05, 4.69) is 57.9 Å². The van der Waals surface area contributed by atoms with E-state index in [0.717, 1.165) is 20.9 Å². The van der Waals surface area contributed by atoms with Gasteiger partial charge < -0.3 is 15.0 Å². The molecule has 5 nitrogen and oxygen atoms in total. The van der Waals surface area contributed by atoms with Crippen LogP contribution in [0.1, 0.15) is 59.1 Å². The average Bonchev–Trinajstić information content (AvgIpc) is 2.76. The summed E-state index contributed by atoms with van der Waals surface area (Å²) in [7, 11) is 0. The van der Waals surface area contributed by atoms with Gasteiger partial charge in [0.1, 0.15) is 11.8 Å². The van der Waals surface area contributed by atoms with Crippen molar-refractivity contribution in [2.45, 2.75) is 72.0 Å². The average molecular weight is 582 g/mol. The Labute approximate surface area is 214 Å². The van der Waals surface area contributed by atoms with E-state index >= 15 is 0 Å². The molecule has 33 heavy (non-hydrogen) atoms. The summed E-state index contributed by atoms with van der Waals surface area (Å²) in [5, 5.41) is 2.97. The summed E-state index contributed by atoms with van der Waals surface area (Å²) in [6.45, 7) is 12.3. The molecule has 0 aliphatic carbocycles. The number of amides is 2. The molecule has 7 heteroatoms. The fraction of sp³-hybridized carbons (Fsp3) is 0.462. The molecule has 2 atom stereocenters. The highest BCUT2D eigenvalue weighted by molar-refractivity contribution is 9.10. The number of rotatable bonds is 9. The van der Waals surface area contributed by atoms with E-state index in [-0.39, 0.29) is 29.9 Å². The molecular formula is C26H34Br2N2O3. The lowest BCUT2D eigenvalue weighted by Crippen LogP contribution is -2.50. The van der Waals surface area contributed by atoms with E-state index in [1.807, 2.05) is 56.3 Å². The van der Waals surface area contributed by atoms with Gasteiger partial charge in [-0.25, -0.2) is 0 Å². The molecule has 0 aliphatic heterocycles. The zero-order valence-electron chi connectivity index (χ0n) is 20.2. The lowest BCUT2D eigenvalue weighted by Gasteiger charge is -2.29. The van der Waals surface area contributed by atoms with Crippen LogP contribution in [0.4, 0.5) is 0 Å². The number of ether oxygens (including phenoxy) is 1. The summed E-state index contributed by atoms with van der Waals surface area (Å²) in [4.78, 5) is 27.6. The maximum Gasteiger partial charge on any atom is 0.261 e. The second kappa shape index (κ2) is 12.0. The van der Waals surface area contributed by atoms with Crippen LogP contribution in [0, 0.1) is 0 Å². The van der Waals surface area contributed by atoms with E-state index < -0.39 is 6.04 Å². The predicted molar refractivity (Wildman–Crippen MR) is 140 cm³/mol. The van der Waals surface area contributed by atoms with Crippen molar-refractivity contribution >= 4 is 43.7 Å². The number of benzene rings is 2. The number of halogens is 2. The number of nitrogens with one attached hydrogen (secondary N) is 1. The highest BCUT2D eigenvalue weighted by Gasteiger charge is 2.27. The molecule has 0 aromatic heterocycles. The maximum atomic E-state index is 13.2. The van der Waals surface area contributed by atoms with Gasteiger partial charge in [-0.05, 0) is 77.0 Å². The summed E-state index contributed by atoms with van der Waals surface area (Å²) >= 11 is 6.99. The van der Waals surface area contributed by atoms with Crippen LogP contribution in [0.5, 0.6) is 5.75 Å². The molecule has 2 rings (SSSR count). The van der Waals surface area contributed by atoms with Crippen molar-refractivity contribution < 1.29 is 14.3 Å². The van der Waals surface area contributed by atoms with Crippen molar-refractivity contribution in [3.8, 4) is 5.75 Å². The fourth-order valence-electron chi connectivity index (χ4n) is 3.14. The number of hydrogen-bond donors (Lipinski definition) is 1. The second-order valence-corrected chi connectivity index (χ2v) is 11.1. The smallest absolute Gasteiger partial charge is 0.261 e. The minimum Gasteiger partial charge on any atom is -0.483 e. The highest BCUT2D eigenvalue weighted by Crippen LogP contribution is 2.31. The Morgan fingerprint density at radius 2 is 1.70 bits per heavy atom. The van der Waals surface area contributed by atoms with Gasteiger partial charge in [-0.15, -0.1) is 0 Å². The third-order valence-electron chi connectivity index (χ3n) is 5.58. The molecule has 0 unspecified atom stereocenters. The molecule has 1 N–H and O–H groups in total. The van der Waals surface area contributed by atoms with Crippen LogP contribution < -0.4 is 10.1 Å². The van der Waals surface area contributed by atoms with Crippen LogP contribution in [-0.4, -0.2) is 35.4 Å². The van der Waals surface area contributed by atoms with Gasteiger partial charge in [0.15, 0.2) is 6.61 Å². The lowest BCUT2D eigenvalue weighted by atomic mass is 9.87. The largest absolute Gasteiger partial charge is 0.483 e. The van der Waals surface area contributed by atoms with Gasteiger partial charge in [-0.2, -0.15) is 0 Å². The monoisotopic (exact) mass is 580 g/mol. The molecule has 0 saturated carbocycles. The summed E-state index contributed by atoms with van der Waals surface area (Å²) < 4.78 is 7.61. The van der Waals surface area contributed by atoms with Gasteiger partial charge in [0, 0.05) is 17.1 Å². The van der Waals surface area contributed by atoms with E-state index in [4.69, 9.17) is 4.74 Å². The predicted octanol–water partition coefficient (Wildman–Crippen LogP) is 6.22. The van der Waals surface area contributed by atoms with E-state index in [1.54, 1.807) is 11.8 Å². The van der Waals surface area contributed by atoms with Crippen LogP contribution in [0.2, 0.25) is 0 Å². The van der Waals surface area contributed by atoms with Crippen LogP contribution in [0.3, 0.4) is 0 Å². The lowest BCUT2D eigenvalue weighted by molar-refractivity contribution is -0.142. The minimum atomic E-state index is -0.634. The van der Waals surface area contributed by atoms with Crippen LogP contribution >= 0.6 is 31.9 Å². The standard InChI is InChI=1S/C26H34Br2N2O3/c1-7-17(2)29-25(32)18(3)30(15-19-8-11-21(27)12-9-19)24(31)16-33-23-13-10-20(14-22(23)28)26(4,5)6/h8-14,17-18H,7,15-16H2,1-6H3,(H,29,32)/t17-,18+/m0/s1. The van der Waals surface area contributed by atoms with Crippen molar-refractivity contribution in [3.05, 3.63) is 62.5 Å². The Kier molecular flexibility index (Phi) is 9.98. The molecule has 2 aromatic rings. The molecule has 2 amide bonds. The summed E-state index contributed by atoms with van der Waals surface area (Å²) in [6.07, 6.45) is 0.820. The highest BCUT2D eigenvalue weighted by atomic mass is 79.9. The van der Waals surface area contributed by atoms with Gasteiger partial charge >= 0.3 is 0 Å². The number of nitrogens with zero attached hydrogens (tertiary/aromatic N) is 1. The Balaban J connectivity index is 2.18. The normalized spacial score (nSPS) is 13.2. The fourth-order valence-corrected chi connectivity index (χ4v) is 3.90. The molecule has 180 valence electrons. The van der Waals surface area contributed by atoms with E-state index in [0.29, 0.717) is 12.3 Å². The van der Waals surface area contributed by atoms with Crippen molar-refractivity contribution in [2.24, 2.45) is 0 Å². The Morgan fingerprint density at radius 1 is 1.06 bits per heavy atom. The number of hydrogen-bond acceptors (Lipinski definition) is 3. The van der Waals surface area contributed by atoms with Crippen molar-refractivity contribution in [2.75, 3.05) is 6.61 Å². The first-order chi connectivity index (χ1) is 15.4. The van der Waals surface area contributed by atoms with Crippen LogP contribution in [0.15, 0.2) is 51.4 Å². The summed E-state index contributed by atoms with van der Waals surface area (Å²) in [5.41, 5.74) is 2.11. The molecule has 0 heterocycles. The molecule has 0 radical (unpaired) electrons. The molecular weight excluding hydrogens is 548 g/mol. The third-order valence-corrected chi connectivity index (χ3v) is 6.73. The van der Waals surface area contributed by atoms with Crippen LogP contribution in [0.25, 0.3) is 0 Å². The SMILES string of the molecule is CC[C@H](C)NC(=O)[C@@H](C)N(Cc1ccc(Br)cc1)C(=O)COc1ccc(C(C)(C)C)cc1Br. The molecule has 0 bridgehead atoms. The molecule has 2 aromatic carbocycles. The van der Waals surface area contributed by atoms with Crippen LogP contribution in [-0.2, 0) is 21.5 Å². The Hall–Kier alpha value is -1.86. The topological polar surface area (TPSA) is 58.6 Å². The number of carbonyl (C=O) groups excluding carboxylic acids is 2. The Morgan fingerprint density at radius 3 is 2.24 bits per heavy atom. The Bertz CT molecular complexity index is 955.